The molecule has 0 aromatic heterocycles. The lowest BCUT2D eigenvalue weighted by atomic mass is 9.82. The van der Waals surface area contributed by atoms with Crippen molar-refractivity contribution in [2.24, 2.45) is 5.92 Å². The molecule has 3 aromatic rings. The third-order valence-electron chi connectivity index (χ3n) is 8.06. The first kappa shape index (κ1) is 28.3. The second kappa shape index (κ2) is 10.6. The molecular weight excluding hydrogens is 546 g/mol. The van der Waals surface area contributed by atoms with Crippen LogP contribution in [0, 0.1) is 5.92 Å². The Bertz CT molecular complexity index is 1440. The van der Waals surface area contributed by atoms with E-state index < -0.39 is 20.0 Å². The van der Waals surface area contributed by atoms with E-state index in [1.807, 2.05) is 44.3 Å². The highest BCUT2D eigenvalue weighted by Gasteiger charge is 2.66. The molecular formula is C30H34ClN3O5Si. The van der Waals surface area contributed by atoms with Crippen LogP contribution in [0.25, 0.3) is 0 Å². The lowest BCUT2D eigenvalue weighted by Crippen LogP contribution is -2.46. The van der Waals surface area contributed by atoms with Gasteiger partial charge in [-0.15, -0.1) is 0 Å². The van der Waals surface area contributed by atoms with Gasteiger partial charge in [-0.25, -0.2) is 0 Å². The Labute approximate surface area is 239 Å². The molecule has 1 fully saturated rings. The van der Waals surface area contributed by atoms with Crippen molar-refractivity contribution in [3.05, 3.63) is 88.4 Å². The number of benzene rings is 3. The second-order valence-electron chi connectivity index (χ2n) is 11.2. The standard InChI is InChI=1S/C30H34ClN3O5Si/c1-18-27(40(2,3)38)26(13-14-35)39-30(18)24-16-21(31)9-12-25(24)34(29(30)37)17-19-5-4-6-23(15-19)33-28(36)20-7-10-22(32)11-8-20/h4-12,15-16,18,26-27,35,38H,13-14,17,32H2,1-3H3,(H,33,36)/t18-,26+,27-,30+/m1/s1. The van der Waals surface area contributed by atoms with Crippen LogP contribution in [-0.4, -0.2) is 42.7 Å². The monoisotopic (exact) mass is 579 g/mol. The quantitative estimate of drug-likeness (QED) is 0.233. The van der Waals surface area contributed by atoms with E-state index in [1.165, 1.54) is 0 Å². The number of carbonyl (C=O) groups excluding carboxylic acids is 2. The zero-order valence-electron chi connectivity index (χ0n) is 22.7. The number of amides is 2. The van der Waals surface area contributed by atoms with Crippen molar-refractivity contribution in [1.29, 1.82) is 0 Å². The molecule has 5 rings (SSSR count). The molecule has 4 atom stereocenters. The fourth-order valence-corrected chi connectivity index (χ4v) is 9.15. The van der Waals surface area contributed by atoms with Gasteiger partial charge in [0.15, 0.2) is 13.9 Å². The van der Waals surface area contributed by atoms with Crippen molar-refractivity contribution in [2.45, 2.75) is 50.2 Å². The Balaban J connectivity index is 1.47. The van der Waals surface area contributed by atoms with Crippen molar-refractivity contribution >= 4 is 48.8 Å². The predicted molar refractivity (Wildman–Crippen MR) is 159 cm³/mol. The number of rotatable bonds is 7. The van der Waals surface area contributed by atoms with Gasteiger partial charge in [-0.3, -0.25) is 9.59 Å². The van der Waals surface area contributed by atoms with Crippen molar-refractivity contribution < 1.29 is 24.2 Å². The van der Waals surface area contributed by atoms with Crippen LogP contribution in [0.5, 0.6) is 0 Å². The van der Waals surface area contributed by atoms with Gasteiger partial charge < -0.3 is 30.6 Å². The summed E-state index contributed by atoms with van der Waals surface area (Å²) in [7, 11) is -2.78. The minimum absolute atomic E-state index is 0.108. The summed E-state index contributed by atoms with van der Waals surface area (Å²) in [6, 6.07) is 19.4. The minimum atomic E-state index is -2.78. The van der Waals surface area contributed by atoms with E-state index in [0.717, 1.165) is 5.56 Å². The molecule has 0 bridgehead atoms. The highest BCUT2D eigenvalue weighted by molar-refractivity contribution is 6.71. The number of nitrogens with two attached hydrogens (primary N) is 1. The first-order chi connectivity index (χ1) is 19.0. The summed E-state index contributed by atoms with van der Waals surface area (Å²) >= 11 is 6.43. The van der Waals surface area contributed by atoms with Gasteiger partial charge in [-0.05, 0) is 79.7 Å². The molecule has 1 spiro atoms. The number of nitrogen functional groups attached to an aromatic ring is 1. The van der Waals surface area contributed by atoms with E-state index in [-0.39, 0.29) is 36.4 Å². The summed E-state index contributed by atoms with van der Waals surface area (Å²) in [6.45, 7) is 5.78. The predicted octanol–water partition coefficient (Wildman–Crippen LogP) is 4.90. The SMILES string of the molecule is C[C@@H]1[C@@H]([Si](C)(C)O)[C@H](CCO)O[C@@]12C(=O)N(Cc1cccc(NC(=O)c3ccc(N)cc3)c1)c1ccc(Cl)cc12. The molecule has 10 heteroatoms. The average molecular weight is 580 g/mol. The number of nitrogens with one attached hydrogen (secondary N) is 1. The van der Waals surface area contributed by atoms with Crippen molar-refractivity contribution in [2.75, 3.05) is 22.6 Å². The van der Waals surface area contributed by atoms with Gasteiger partial charge in [0.25, 0.3) is 11.8 Å². The summed E-state index contributed by atoms with van der Waals surface area (Å²) < 4.78 is 6.60. The molecule has 40 heavy (non-hydrogen) atoms. The molecule has 1 saturated heterocycles. The number of anilines is 3. The smallest absolute Gasteiger partial charge is 0.264 e. The van der Waals surface area contributed by atoms with E-state index in [4.69, 9.17) is 22.1 Å². The molecule has 0 radical (unpaired) electrons. The van der Waals surface area contributed by atoms with Crippen LogP contribution < -0.4 is 16.0 Å². The molecule has 2 amide bonds. The molecule has 2 aliphatic heterocycles. The van der Waals surface area contributed by atoms with E-state index in [1.54, 1.807) is 47.4 Å². The minimum Gasteiger partial charge on any atom is -0.432 e. The third-order valence-corrected chi connectivity index (χ3v) is 10.8. The van der Waals surface area contributed by atoms with Gasteiger partial charge in [0, 0.05) is 45.6 Å². The van der Waals surface area contributed by atoms with Crippen molar-refractivity contribution in [3.8, 4) is 0 Å². The first-order valence-electron chi connectivity index (χ1n) is 13.3. The van der Waals surface area contributed by atoms with Gasteiger partial charge >= 0.3 is 0 Å². The number of fused-ring (bicyclic) bond motifs is 2. The molecule has 0 saturated carbocycles. The van der Waals surface area contributed by atoms with Gasteiger partial charge in [0.1, 0.15) is 0 Å². The topological polar surface area (TPSA) is 125 Å². The fourth-order valence-electron chi connectivity index (χ4n) is 6.37. The van der Waals surface area contributed by atoms with Crippen LogP contribution in [0.1, 0.15) is 34.8 Å². The highest BCUT2D eigenvalue weighted by Crippen LogP contribution is 2.60. The van der Waals surface area contributed by atoms with Crippen LogP contribution in [0.4, 0.5) is 17.1 Å². The second-order valence-corrected chi connectivity index (χ2v) is 15.6. The molecule has 3 aromatic carbocycles. The van der Waals surface area contributed by atoms with Crippen LogP contribution in [0.3, 0.4) is 0 Å². The Morgan fingerprint density at radius 2 is 1.88 bits per heavy atom. The molecule has 5 N–H and O–H groups in total. The number of carbonyl (C=O) groups is 2. The molecule has 0 unspecified atom stereocenters. The lowest BCUT2D eigenvalue weighted by Gasteiger charge is -2.32. The first-order valence-corrected chi connectivity index (χ1v) is 16.7. The zero-order valence-corrected chi connectivity index (χ0v) is 24.5. The lowest BCUT2D eigenvalue weighted by molar-refractivity contribution is -0.146. The van der Waals surface area contributed by atoms with E-state index in [9.17, 15) is 19.5 Å². The highest BCUT2D eigenvalue weighted by atomic mass is 35.5. The third kappa shape index (κ3) is 4.93. The Hall–Kier alpha value is -3.21. The normalized spacial score (nSPS) is 24.0. The number of hydrogen-bond acceptors (Lipinski definition) is 6. The molecule has 2 heterocycles. The summed E-state index contributed by atoms with van der Waals surface area (Å²) in [4.78, 5) is 40.0. The molecule has 0 aliphatic carbocycles. The maximum Gasteiger partial charge on any atom is 0.264 e. The van der Waals surface area contributed by atoms with Gasteiger partial charge in [-0.2, -0.15) is 0 Å². The van der Waals surface area contributed by atoms with Crippen LogP contribution in [0.2, 0.25) is 23.7 Å². The summed E-state index contributed by atoms with van der Waals surface area (Å²) in [5.74, 6) is -0.827. The number of ether oxygens (including phenoxy) is 1. The Morgan fingerprint density at radius 3 is 2.55 bits per heavy atom. The number of hydrogen-bond donors (Lipinski definition) is 4. The Morgan fingerprint density at radius 1 is 1.15 bits per heavy atom. The van der Waals surface area contributed by atoms with E-state index >= 15 is 0 Å². The maximum absolute atomic E-state index is 14.4. The van der Waals surface area contributed by atoms with Gasteiger partial charge in [0.05, 0.1) is 18.3 Å². The number of halogens is 1. The van der Waals surface area contributed by atoms with Gasteiger partial charge in [0.2, 0.25) is 0 Å². The van der Waals surface area contributed by atoms with E-state index in [2.05, 4.69) is 5.32 Å². The fraction of sp³-hybridized carbons (Fsp3) is 0.333. The molecule has 8 nitrogen and oxygen atoms in total. The average Bonchev–Trinajstić information content (AvgIpc) is 3.31. The molecule has 210 valence electrons. The Kier molecular flexibility index (Phi) is 7.54. The van der Waals surface area contributed by atoms with Crippen molar-refractivity contribution in [1.82, 2.24) is 0 Å². The maximum atomic E-state index is 14.4. The number of aliphatic hydroxyl groups excluding tert-OH is 1. The van der Waals surface area contributed by atoms with Gasteiger partial charge in [-0.1, -0.05) is 30.7 Å². The summed E-state index contributed by atoms with van der Waals surface area (Å²) in [6.07, 6.45) is -0.138. The largest absolute Gasteiger partial charge is 0.432 e. The number of nitrogens with zero attached hydrogens (tertiary/aromatic N) is 1. The number of aliphatic hydroxyl groups is 1. The zero-order chi connectivity index (χ0) is 28.8. The summed E-state index contributed by atoms with van der Waals surface area (Å²) in [5.41, 5.74) is 7.99. The van der Waals surface area contributed by atoms with Crippen LogP contribution >= 0.6 is 11.6 Å². The molecule has 2 aliphatic rings. The van der Waals surface area contributed by atoms with Crippen LogP contribution in [-0.2, 0) is 21.7 Å². The summed E-state index contributed by atoms with van der Waals surface area (Å²) in [5, 5.41) is 13.1. The van der Waals surface area contributed by atoms with Crippen LogP contribution in [0.15, 0.2) is 66.7 Å². The van der Waals surface area contributed by atoms with Crippen molar-refractivity contribution in [3.63, 3.8) is 0 Å². The van der Waals surface area contributed by atoms with E-state index in [0.29, 0.717) is 39.6 Å².